The predicted molar refractivity (Wildman–Crippen MR) is 160 cm³/mol. The molecule has 188 valence electrons. The molecular formula is C38H36. The summed E-state index contributed by atoms with van der Waals surface area (Å²) < 4.78 is 0. The normalized spacial score (nSPS) is 33.2. The summed E-state index contributed by atoms with van der Waals surface area (Å²) in [6.07, 6.45) is 53.3. The Kier molecular flexibility index (Phi) is 6.44. The fourth-order valence-corrected chi connectivity index (χ4v) is 7.88. The highest BCUT2D eigenvalue weighted by Gasteiger charge is 2.52. The molecule has 38 heavy (non-hydrogen) atoms. The summed E-state index contributed by atoms with van der Waals surface area (Å²) in [4.78, 5) is 0. The van der Waals surface area contributed by atoms with Crippen LogP contribution >= 0.6 is 0 Å². The Bertz CT molecular complexity index is 1390. The van der Waals surface area contributed by atoms with Crippen molar-refractivity contribution in [3.05, 3.63) is 167 Å². The molecule has 7 rings (SSSR count). The van der Waals surface area contributed by atoms with Gasteiger partial charge in [-0.2, -0.15) is 0 Å². The standard InChI is InChI=1S/C38H36/c1-2-12-28(11-1)25-32-19-9-22-36-35(32)23-24-38(37(36)31-17-7-8-18-31)33(26-29-13-3-4-14-29)20-10-21-34(38)27-30-15-5-6-16-30/h1-8,11-18,25-27,37H,9-10,19-24H2/b32-25-,33-26+,34-27+. The minimum atomic E-state index is 0.0444. The lowest BCUT2D eigenvalue weighted by Gasteiger charge is -2.54. The largest absolute Gasteiger partial charge is 0.0764 e. The second-order valence-corrected chi connectivity index (χ2v) is 11.5. The van der Waals surface area contributed by atoms with Crippen molar-refractivity contribution in [2.45, 2.75) is 51.4 Å². The molecule has 0 amide bonds. The van der Waals surface area contributed by atoms with Crippen LogP contribution in [0.3, 0.4) is 0 Å². The SMILES string of the molecule is [CH]1C=CC(/C=C2\CCC/C(=C\C3=CC=C[CH]3)C23CCC2=C(CCC/C2=C/C2=CC=C[CH]2)C3C2=CC=C[CH]2)=C1. The molecule has 0 nitrogen and oxygen atoms in total. The molecule has 2 atom stereocenters. The molecule has 0 aromatic rings. The Balaban J connectivity index is 1.41. The highest BCUT2D eigenvalue weighted by molar-refractivity contribution is 5.59. The van der Waals surface area contributed by atoms with Gasteiger partial charge in [-0.1, -0.05) is 113 Å². The van der Waals surface area contributed by atoms with Gasteiger partial charge in [0, 0.05) is 37.0 Å². The summed E-state index contributed by atoms with van der Waals surface area (Å²) in [6.45, 7) is 0. The highest BCUT2D eigenvalue weighted by Crippen LogP contribution is 2.63. The number of rotatable bonds is 4. The lowest BCUT2D eigenvalue weighted by atomic mass is 9.50. The van der Waals surface area contributed by atoms with Crippen molar-refractivity contribution in [3.63, 3.8) is 0 Å². The van der Waals surface area contributed by atoms with E-state index in [4.69, 9.17) is 0 Å². The first-order valence-corrected chi connectivity index (χ1v) is 14.5. The van der Waals surface area contributed by atoms with E-state index < -0.39 is 0 Å². The lowest BCUT2D eigenvalue weighted by Crippen LogP contribution is -2.43. The Hall–Kier alpha value is -3.12. The molecule has 7 aliphatic carbocycles. The zero-order valence-corrected chi connectivity index (χ0v) is 22.2. The topological polar surface area (TPSA) is 0 Å². The third kappa shape index (κ3) is 4.23. The van der Waals surface area contributed by atoms with Gasteiger partial charge >= 0.3 is 0 Å². The zero-order valence-electron chi connectivity index (χ0n) is 22.2. The van der Waals surface area contributed by atoms with Crippen LogP contribution in [0, 0.1) is 37.0 Å². The summed E-state index contributed by atoms with van der Waals surface area (Å²) in [7, 11) is 0. The van der Waals surface area contributed by atoms with Crippen molar-refractivity contribution in [1.82, 2.24) is 0 Å². The van der Waals surface area contributed by atoms with Crippen molar-refractivity contribution >= 4 is 0 Å². The van der Waals surface area contributed by atoms with Crippen molar-refractivity contribution in [2.24, 2.45) is 11.3 Å². The third-order valence-electron chi connectivity index (χ3n) is 9.43. The van der Waals surface area contributed by atoms with Gasteiger partial charge in [0.1, 0.15) is 0 Å². The molecule has 0 heteroatoms. The first-order chi connectivity index (χ1) is 18.8. The molecule has 1 saturated carbocycles. The van der Waals surface area contributed by atoms with Crippen LogP contribution in [0.15, 0.2) is 141 Å². The van der Waals surface area contributed by atoms with E-state index in [1.807, 2.05) is 0 Å². The molecule has 0 heterocycles. The quantitative estimate of drug-likeness (QED) is 0.366. The maximum Gasteiger partial charge on any atom is 0.0233 e. The van der Waals surface area contributed by atoms with Crippen LogP contribution in [0.2, 0.25) is 0 Å². The van der Waals surface area contributed by atoms with E-state index >= 15 is 0 Å². The van der Waals surface area contributed by atoms with Gasteiger partial charge in [0.25, 0.3) is 0 Å². The maximum absolute atomic E-state index is 2.56. The fraction of sp³-hybridized carbons (Fsp3) is 0.263. The molecule has 1 fully saturated rings. The summed E-state index contributed by atoms with van der Waals surface area (Å²) in [5.74, 6) is 0.410. The van der Waals surface area contributed by atoms with E-state index in [1.54, 1.807) is 27.9 Å². The van der Waals surface area contributed by atoms with Gasteiger partial charge < -0.3 is 0 Å². The first kappa shape index (κ1) is 24.0. The van der Waals surface area contributed by atoms with Crippen molar-refractivity contribution in [3.8, 4) is 0 Å². The van der Waals surface area contributed by atoms with Gasteiger partial charge in [-0.15, -0.1) is 0 Å². The van der Waals surface area contributed by atoms with E-state index in [0.717, 1.165) is 0 Å². The maximum atomic E-state index is 2.56. The summed E-state index contributed by atoms with van der Waals surface area (Å²) in [6, 6.07) is 0. The molecule has 0 aliphatic heterocycles. The van der Waals surface area contributed by atoms with E-state index in [1.165, 1.54) is 73.7 Å². The highest BCUT2D eigenvalue weighted by atomic mass is 14.5. The van der Waals surface area contributed by atoms with Crippen LogP contribution in [0.25, 0.3) is 0 Å². The minimum Gasteiger partial charge on any atom is -0.0764 e. The Morgan fingerprint density at radius 2 is 1.32 bits per heavy atom. The first-order valence-electron chi connectivity index (χ1n) is 14.5. The van der Waals surface area contributed by atoms with Crippen LogP contribution < -0.4 is 0 Å². The van der Waals surface area contributed by atoms with Gasteiger partial charge in [0.05, 0.1) is 0 Å². The van der Waals surface area contributed by atoms with E-state index in [0.29, 0.717) is 5.92 Å². The Morgan fingerprint density at radius 1 is 0.605 bits per heavy atom. The van der Waals surface area contributed by atoms with Gasteiger partial charge in [-0.3, -0.25) is 0 Å². The third-order valence-corrected chi connectivity index (χ3v) is 9.43. The molecule has 0 aromatic heterocycles. The van der Waals surface area contributed by atoms with Crippen LogP contribution in [0.5, 0.6) is 0 Å². The second kappa shape index (κ2) is 10.2. The molecule has 0 aromatic carbocycles. The minimum absolute atomic E-state index is 0.0444. The van der Waals surface area contributed by atoms with Crippen molar-refractivity contribution in [1.29, 1.82) is 0 Å². The van der Waals surface area contributed by atoms with Gasteiger partial charge in [-0.25, -0.2) is 0 Å². The average Bonchev–Trinajstić information content (AvgIpc) is 3.75. The second-order valence-electron chi connectivity index (χ2n) is 11.5. The number of hydrogen-bond donors (Lipinski definition) is 0. The van der Waals surface area contributed by atoms with Gasteiger partial charge in [-0.05, 0) is 79.2 Å². The predicted octanol–water partition coefficient (Wildman–Crippen LogP) is 9.63. The van der Waals surface area contributed by atoms with Crippen LogP contribution in [0.1, 0.15) is 51.4 Å². The molecular weight excluding hydrogens is 456 g/mol. The van der Waals surface area contributed by atoms with Crippen molar-refractivity contribution in [2.75, 3.05) is 0 Å². The van der Waals surface area contributed by atoms with E-state index in [-0.39, 0.29) is 5.41 Å². The lowest BCUT2D eigenvalue weighted by molar-refractivity contribution is 0.249. The Morgan fingerprint density at radius 3 is 2.00 bits per heavy atom. The number of hydrogen-bond acceptors (Lipinski definition) is 0. The summed E-state index contributed by atoms with van der Waals surface area (Å²) in [5, 5.41) is 0. The smallest absolute Gasteiger partial charge is 0.0233 e. The van der Waals surface area contributed by atoms with Crippen LogP contribution in [-0.2, 0) is 0 Å². The summed E-state index contributed by atoms with van der Waals surface area (Å²) >= 11 is 0. The van der Waals surface area contributed by atoms with Crippen LogP contribution in [0.4, 0.5) is 0 Å². The zero-order chi connectivity index (χ0) is 25.4. The van der Waals surface area contributed by atoms with Crippen molar-refractivity contribution < 1.29 is 0 Å². The molecule has 1 spiro atoms. The molecule has 7 aliphatic rings. The molecule has 0 saturated heterocycles. The fourth-order valence-electron chi connectivity index (χ4n) is 7.88. The average molecular weight is 493 g/mol. The van der Waals surface area contributed by atoms with Crippen LogP contribution in [-0.4, -0.2) is 0 Å². The molecule has 0 N–H and O–H groups in total. The number of allylic oxidation sites excluding steroid dienone is 24. The van der Waals surface area contributed by atoms with Gasteiger partial charge in [0.15, 0.2) is 0 Å². The molecule has 2 unspecified atom stereocenters. The van der Waals surface area contributed by atoms with Gasteiger partial charge in [0.2, 0.25) is 0 Å². The van der Waals surface area contributed by atoms with E-state index in [9.17, 15) is 0 Å². The molecule has 4 radical (unpaired) electrons. The Labute approximate surface area is 229 Å². The summed E-state index contributed by atoms with van der Waals surface area (Å²) in [5.41, 5.74) is 13.9. The van der Waals surface area contributed by atoms with E-state index in [2.05, 4.69) is 117 Å². The monoisotopic (exact) mass is 492 g/mol. The molecule has 0 bridgehead atoms.